The first-order valence-electron chi connectivity index (χ1n) is 6.12. The molecule has 2 N–H and O–H groups in total. The number of nitrogens with two attached hydrogens (primary N) is 1. The molecule has 17 heavy (non-hydrogen) atoms. The summed E-state index contributed by atoms with van der Waals surface area (Å²) in [6.07, 6.45) is 1.87. The van der Waals surface area contributed by atoms with Gasteiger partial charge < -0.3 is 5.73 Å². The van der Waals surface area contributed by atoms with Crippen LogP contribution in [0.3, 0.4) is 0 Å². The Morgan fingerprint density at radius 3 is 2.88 bits per heavy atom. The lowest BCUT2D eigenvalue weighted by Gasteiger charge is -2.38. The summed E-state index contributed by atoms with van der Waals surface area (Å²) in [4.78, 5) is 6.91. The Kier molecular flexibility index (Phi) is 2.79. The second-order valence-electron chi connectivity index (χ2n) is 4.79. The zero-order chi connectivity index (χ0) is 11.7. The molecule has 3 rings (SSSR count). The van der Waals surface area contributed by atoms with Crippen LogP contribution >= 0.6 is 0 Å². The van der Waals surface area contributed by atoms with Gasteiger partial charge in [0, 0.05) is 31.2 Å². The SMILES string of the molecule is NCC1CN(Cc2cccc3cccnc23)C1. The molecule has 3 heteroatoms. The number of nitrogens with zero attached hydrogens (tertiary/aromatic N) is 2. The van der Waals surface area contributed by atoms with E-state index in [9.17, 15) is 0 Å². The molecule has 0 saturated carbocycles. The van der Waals surface area contributed by atoms with Crippen molar-refractivity contribution in [2.75, 3.05) is 19.6 Å². The smallest absolute Gasteiger partial charge is 0.0746 e. The maximum Gasteiger partial charge on any atom is 0.0746 e. The summed E-state index contributed by atoms with van der Waals surface area (Å²) < 4.78 is 0. The number of hydrogen-bond donors (Lipinski definition) is 1. The summed E-state index contributed by atoms with van der Waals surface area (Å²) in [5, 5.41) is 1.22. The van der Waals surface area contributed by atoms with Crippen LogP contribution in [-0.2, 0) is 6.54 Å². The molecule has 1 saturated heterocycles. The molecule has 0 radical (unpaired) electrons. The molecule has 88 valence electrons. The molecule has 1 aromatic carbocycles. The third-order valence-electron chi connectivity index (χ3n) is 3.48. The minimum atomic E-state index is 0.693. The third-order valence-corrected chi connectivity index (χ3v) is 3.48. The first-order valence-corrected chi connectivity index (χ1v) is 6.12. The van der Waals surface area contributed by atoms with E-state index in [1.165, 1.54) is 10.9 Å². The molecule has 1 fully saturated rings. The number of likely N-dealkylation sites (tertiary alicyclic amines) is 1. The van der Waals surface area contributed by atoms with Gasteiger partial charge >= 0.3 is 0 Å². The molecule has 0 atom stereocenters. The highest BCUT2D eigenvalue weighted by Gasteiger charge is 2.25. The zero-order valence-corrected chi connectivity index (χ0v) is 9.84. The van der Waals surface area contributed by atoms with Gasteiger partial charge in [-0.3, -0.25) is 9.88 Å². The standard InChI is InChI=1S/C14H17N3/c15-7-11-8-17(9-11)10-13-4-1-3-12-5-2-6-16-14(12)13/h1-6,11H,7-10,15H2. The second-order valence-corrected chi connectivity index (χ2v) is 4.79. The fraction of sp³-hybridized carbons (Fsp3) is 0.357. The summed E-state index contributed by atoms with van der Waals surface area (Å²) >= 11 is 0. The van der Waals surface area contributed by atoms with Crippen LogP contribution in [0.1, 0.15) is 5.56 Å². The van der Waals surface area contributed by atoms with Gasteiger partial charge in [-0.05, 0) is 24.1 Å². The number of para-hydroxylation sites is 1. The third kappa shape index (κ3) is 2.04. The molecule has 1 aromatic heterocycles. The van der Waals surface area contributed by atoms with Crippen LogP contribution in [0.15, 0.2) is 36.5 Å². The van der Waals surface area contributed by atoms with Gasteiger partial charge in [-0.15, -0.1) is 0 Å². The van der Waals surface area contributed by atoms with E-state index in [-0.39, 0.29) is 0 Å². The Labute approximate surface area is 101 Å². The Morgan fingerprint density at radius 1 is 1.24 bits per heavy atom. The van der Waals surface area contributed by atoms with Gasteiger partial charge in [0.05, 0.1) is 5.52 Å². The quantitative estimate of drug-likeness (QED) is 0.866. The van der Waals surface area contributed by atoms with Crippen LogP contribution in [0.4, 0.5) is 0 Å². The van der Waals surface area contributed by atoms with Gasteiger partial charge in [-0.1, -0.05) is 24.3 Å². The topological polar surface area (TPSA) is 42.1 Å². The van der Waals surface area contributed by atoms with Crippen molar-refractivity contribution in [2.24, 2.45) is 11.7 Å². The van der Waals surface area contributed by atoms with Crippen molar-refractivity contribution < 1.29 is 0 Å². The highest BCUT2D eigenvalue weighted by Crippen LogP contribution is 2.22. The highest BCUT2D eigenvalue weighted by molar-refractivity contribution is 5.81. The molecule has 2 heterocycles. The van der Waals surface area contributed by atoms with Crippen molar-refractivity contribution in [1.29, 1.82) is 0 Å². The summed E-state index contributed by atoms with van der Waals surface area (Å²) in [5.74, 6) is 0.693. The maximum absolute atomic E-state index is 5.64. The molecule has 1 aliphatic rings. The predicted molar refractivity (Wildman–Crippen MR) is 69.6 cm³/mol. The van der Waals surface area contributed by atoms with E-state index in [4.69, 9.17) is 5.73 Å². The molecule has 0 unspecified atom stereocenters. The van der Waals surface area contributed by atoms with Gasteiger partial charge in [0.2, 0.25) is 0 Å². The molecule has 0 amide bonds. The van der Waals surface area contributed by atoms with Gasteiger partial charge in [-0.2, -0.15) is 0 Å². The molecule has 0 bridgehead atoms. The predicted octanol–water partition coefficient (Wildman–Crippen LogP) is 1.63. The average molecular weight is 227 g/mol. The minimum absolute atomic E-state index is 0.693. The maximum atomic E-state index is 5.64. The lowest BCUT2D eigenvalue weighted by molar-refractivity contribution is 0.0983. The Hall–Kier alpha value is -1.45. The Bertz CT molecular complexity index is 512. The number of rotatable bonds is 3. The summed E-state index contributed by atoms with van der Waals surface area (Å²) in [6, 6.07) is 10.5. The van der Waals surface area contributed by atoms with Crippen molar-refractivity contribution in [3.8, 4) is 0 Å². The number of pyridine rings is 1. The number of benzene rings is 1. The zero-order valence-electron chi connectivity index (χ0n) is 9.84. The first kappa shape index (κ1) is 10.7. The second kappa shape index (κ2) is 4.43. The van der Waals surface area contributed by atoms with Gasteiger partial charge in [0.25, 0.3) is 0 Å². The normalized spacial score (nSPS) is 17.2. The number of hydrogen-bond acceptors (Lipinski definition) is 3. The van der Waals surface area contributed by atoms with Crippen molar-refractivity contribution in [1.82, 2.24) is 9.88 Å². The van der Waals surface area contributed by atoms with Crippen molar-refractivity contribution in [2.45, 2.75) is 6.54 Å². The van der Waals surface area contributed by atoms with Crippen LogP contribution in [0.2, 0.25) is 0 Å². The molecular weight excluding hydrogens is 210 g/mol. The van der Waals surface area contributed by atoms with E-state index < -0.39 is 0 Å². The van der Waals surface area contributed by atoms with Crippen LogP contribution in [-0.4, -0.2) is 29.5 Å². The monoisotopic (exact) mass is 227 g/mol. The van der Waals surface area contributed by atoms with E-state index in [1.54, 1.807) is 0 Å². The van der Waals surface area contributed by atoms with Crippen molar-refractivity contribution >= 4 is 10.9 Å². The molecule has 2 aromatic rings. The van der Waals surface area contributed by atoms with Crippen molar-refractivity contribution in [3.05, 3.63) is 42.1 Å². The summed E-state index contributed by atoms with van der Waals surface area (Å²) in [7, 11) is 0. The highest BCUT2D eigenvalue weighted by atomic mass is 15.2. The molecule has 0 aliphatic carbocycles. The van der Waals surface area contributed by atoms with Crippen LogP contribution in [0.5, 0.6) is 0 Å². The van der Waals surface area contributed by atoms with Gasteiger partial charge in [0.1, 0.15) is 0 Å². The largest absolute Gasteiger partial charge is 0.330 e. The number of fused-ring (bicyclic) bond motifs is 1. The van der Waals surface area contributed by atoms with Gasteiger partial charge in [-0.25, -0.2) is 0 Å². The minimum Gasteiger partial charge on any atom is -0.330 e. The molecule has 3 nitrogen and oxygen atoms in total. The fourth-order valence-electron chi connectivity index (χ4n) is 2.49. The first-order chi connectivity index (χ1) is 8.36. The van der Waals surface area contributed by atoms with E-state index in [1.807, 2.05) is 12.3 Å². The Morgan fingerprint density at radius 2 is 2.06 bits per heavy atom. The number of aromatic nitrogens is 1. The van der Waals surface area contributed by atoms with Crippen LogP contribution in [0, 0.1) is 5.92 Å². The lowest BCUT2D eigenvalue weighted by atomic mass is 9.99. The summed E-state index contributed by atoms with van der Waals surface area (Å²) in [5.41, 5.74) is 8.09. The van der Waals surface area contributed by atoms with Gasteiger partial charge in [0.15, 0.2) is 0 Å². The van der Waals surface area contributed by atoms with Crippen molar-refractivity contribution in [3.63, 3.8) is 0 Å². The molecule has 1 aliphatic heterocycles. The fourth-order valence-corrected chi connectivity index (χ4v) is 2.49. The molecular formula is C14H17N3. The van der Waals surface area contributed by atoms with E-state index in [0.29, 0.717) is 5.92 Å². The van der Waals surface area contributed by atoms with E-state index in [0.717, 1.165) is 31.7 Å². The van der Waals surface area contributed by atoms with Crippen LogP contribution in [0.25, 0.3) is 10.9 Å². The average Bonchev–Trinajstić information content (AvgIpc) is 2.33. The van der Waals surface area contributed by atoms with E-state index in [2.05, 4.69) is 34.1 Å². The Balaban J connectivity index is 1.81. The van der Waals surface area contributed by atoms with E-state index >= 15 is 0 Å². The molecule has 0 spiro atoms. The lowest BCUT2D eigenvalue weighted by Crippen LogP contribution is -2.49. The van der Waals surface area contributed by atoms with Crippen LogP contribution < -0.4 is 5.73 Å². The summed E-state index contributed by atoms with van der Waals surface area (Å²) in [6.45, 7) is 4.05.